The standard InChI is InChI=1S/C17H17N3O/c1-12-8-16(19-11-13-4-3-7-18-10-13)15-6-5-14(21-2)9-17(15)20-12/h3-10H,11H2,1-2H3,(H,19,20). The Kier molecular flexibility index (Phi) is 3.69. The summed E-state index contributed by atoms with van der Waals surface area (Å²) in [5.74, 6) is 0.818. The van der Waals surface area contributed by atoms with E-state index < -0.39 is 0 Å². The molecule has 4 heteroatoms. The van der Waals surface area contributed by atoms with E-state index in [1.807, 2.05) is 37.4 Å². The van der Waals surface area contributed by atoms with Crippen LogP contribution < -0.4 is 10.1 Å². The number of nitrogens with one attached hydrogen (secondary N) is 1. The smallest absolute Gasteiger partial charge is 0.121 e. The quantitative estimate of drug-likeness (QED) is 0.793. The number of anilines is 1. The number of nitrogens with zero attached hydrogens (tertiary/aromatic N) is 2. The van der Waals surface area contributed by atoms with Gasteiger partial charge in [0.2, 0.25) is 0 Å². The van der Waals surface area contributed by atoms with Crippen molar-refractivity contribution < 1.29 is 4.74 Å². The molecule has 0 aliphatic heterocycles. The van der Waals surface area contributed by atoms with Crippen LogP contribution in [0.25, 0.3) is 10.9 Å². The van der Waals surface area contributed by atoms with E-state index in [4.69, 9.17) is 4.74 Å². The summed E-state index contributed by atoms with van der Waals surface area (Å²) in [6, 6.07) is 12.0. The number of pyridine rings is 2. The number of fused-ring (bicyclic) bond motifs is 1. The number of methoxy groups -OCH3 is 1. The van der Waals surface area contributed by atoms with Crippen molar-refractivity contribution in [2.75, 3.05) is 12.4 Å². The van der Waals surface area contributed by atoms with Gasteiger partial charge in [-0.15, -0.1) is 0 Å². The molecule has 4 nitrogen and oxygen atoms in total. The lowest BCUT2D eigenvalue weighted by molar-refractivity contribution is 0.415. The lowest BCUT2D eigenvalue weighted by atomic mass is 10.1. The molecule has 2 aromatic heterocycles. The second-order valence-electron chi connectivity index (χ2n) is 4.91. The highest BCUT2D eigenvalue weighted by molar-refractivity contribution is 5.92. The van der Waals surface area contributed by atoms with Gasteiger partial charge in [-0.3, -0.25) is 9.97 Å². The van der Waals surface area contributed by atoms with Crippen molar-refractivity contribution in [2.45, 2.75) is 13.5 Å². The van der Waals surface area contributed by atoms with Gasteiger partial charge in [0.05, 0.1) is 12.6 Å². The summed E-state index contributed by atoms with van der Waals surface area (Å²) in [6.07, 6.45) is 3.65. The first-order valence-corrected chi connectivity index (χ1v) is 6.84. The van der Waals surface area contributed by atoms with Gasteiger partial charge in [-0.2, -0.15) is 0 Å². The van der Waals surface area contributed by atoms with Crippen molar-refractivity contribution in [3.05, 3.63) is 60.0 Å². The number of hydrogen-bond acceptors (Lipinski definition) is 4. The Bertz CT molecular complexity index is 757. The van der Waals surface area contributed by atoms with Crippen LogP contribution in [0.4, 0.5) is 5.69 Å². The van der Waals surface area contributed by atoms with Crippen LogP contribution in [-0.2, 0) is 6.54 Å². The van der Waals surface area contributed by atoms with Gasteiger partial charge in [-0.05, 0) is 36.8 Å². The summed E-state index contributed by atoms with van der Waals surface area (Å²) in [5, 5.41) is 4.55. The highest BCUT2D eigenvalue weighted by Gasteiger charge is 2.05. The maximum atomic E-state index is 5.26. The molecular formula is C17H17N3O. The molecule has 3 aromatic rings. The fraction of sp³-hybridized carbons (Fsp3) is 0.176. The van der Waals surface area contributed by atoms with Crippen LogP contribution in [0.1, 0.15) is 11.3 Å². The lowest BCUT2D eigenvalue weighted by Gasteiger charge is -2.11. The van der Waals surface area contributed by atoms with E-state index in [-0.39, 0.29) is 0 Å². The number of aryl methyl sites for hydroxylation is 1. The molecule has 1 N–H and O–H groups in total. The molecule has 3 rings (SSSR count). The Morgan fingerprint density at radius 2 is 2.10 bits per heavy atom. The molecule has 0 radical (unpaired) electrons. The molecule has 21 heavy (non-hydrogen) atoms. The number of aromatic nitrogens is 2. The molecule has 0 saturated carbocycles. The van der Waals surface area contributed by atoms with Gasteiger partial charge in [0.15, 0.2) is 0 Å². The third-order valence-electron chi connectivity index (χ3n) is 3.35. The van der Waals surface area contributed by atoms with Crippen LogP contribution in [0.2, 0.25) is 0 Å². The average Bonchev–Trinajstić information content (AvgIpc) is 2.52. The van der Waals surface area contributed by atoms with Gasteiger partial charge in [-0.25, -0.2) is 0 Å². The molecule has 0 aliphatic rings. The monoisotopic (exact) mass is 279 g/mol. The zero-order valence-electron chi connectivity index (χ0n) is 12.1. The van der Waals surface area contributed by atoms with Crippen molar-refractivity contribution in [1.82, 2.24) is 9.97 Å². The highest BCUT2D eigenvalue weighted by Crippen LogP contribution is 2.27. The van der Waals surface area contributed by atoms with Gasteiger partial charge >= 0.3 is 0 Å². The van der Waals surface area contributed by atoms with Gasteiger partial charge < -0.3 is 10.1 Å². The van der Waals surface area contributed by atoms with Crippen LogP contribution in [0.3, 0.4) is 0 Å². The van der Waals surface area contributed by atoms with E-state index in [2.05, 4.69) is 27.4 Å². The molecule has 0 bridgehead atoms. The maximum Gasteiger partial charge on any atom is 0.121 e. The Balaban J connectivity index is 1.94. The normalized spacial score (nSPS) is 10.6. The van der Waals surface area contributed by atoms with Crippen molar-refractivity contribution in [1.29, 1.82) is 0 Å². The van der Waals surface area contributed by atoms with Crippen LogP contribution >= 0.6 is 0 Å². The molecule has 0 atom stereocenters. The van der Waals surface area contributed by atoms with Gasteiger partial charge in [-0.1, -0.05) is 6.07 Å². The molecule has 0 fully saturated rings. The number of hydrogen-bond donors (Lipinski definition) is 1. The minimum absolute atomic E-state index is 0.735. The first-order valence-electron chi connectivity index (χ1n) is 6.84. The summed E-state index contributed by atoms with van der Waals surface area (Å²) in [4.78, 5) is 8.70. The number of rotatable bonds is 4. The van der Waals surface area contributed by atoms with E-state index in [0.29, 0.717) is 0 Å². The number of benzene rings is 1. The summed E-state index contributed by atoms with van der Waals surface area (Å²) < 4.78 is 5.26. The minimum atomic E-state index is 0.735. The highest BCUT2D eigenvalue weighted by atomic mass is 16.5. The van der Waals surface area contributed by atoms with Crippen LogP contribution in [0.15, 0.2) is 48.8 Å². The van der Waals surface area contributed by atoms with E-state index in [1.54, 1.807) is 13.3 Å². The topological polar surface area (TPSA) is 47.0 Å². The van der Waals surface area contributed by atoms with Crippen molar-refractivity contribution >= 4 is 16.6 Å². The summed E-state index contributed by atoms with van der Waals surface area (Å²) in [7, 11) is 1.67. The molecular weight excluding hydrogens is 262 g/mol. The Hall–Kier alpha value is -2.62. The summed E-state index contributed by atoms with van der Waals surface area (Å²) >= 11 is 0. The Morgan fingerprint density at radius 1 is 1.19 bits per heavy atom. The maximum absolute atomic E-state index is 5.26. The van der Waals surface area contributed by atoms with E-state index >= 15 is 0 Å². The van der Waals surface area contributed by atoms with Crippen LogP contribution in [0, 0.1) is 6.92 Å². The number of ether oxygens (including phenoxy) is 1. The van der Waals surface area contributed by atoms with Gasteiger partial charge in [0.25, 0.3) is 0 Å². The zero-order chi connectivity index (χ0) is 14.7. The zero-order valence-corrected chi connectivity index (χ0v) is 12.1. The Morgan fingerprint density at radius 3 is 2.86 bits per heavy atom. The van der Waals surface area contributed by atoms with Gasteiger partial charge in [0.1, 0.15) is 5.75 Å². The fourth-order valence-electron chi connectivity index (χ4n) is 2.31. The summed E-state index contributed by atoms with van der Waals surface area (Å²) in [5.41, 5.74) is 4.13. The van der Waals surface area contributed by atoms with E-state index in [9.17, 15) is 0 Å². The first-order chi connectivity index (χ1) is 10.3. The van der Waals surface area contributed by atoms with Crippen molar-refractivity contribution in [2.24, 2.45) is 0 Å². The third kappa shape index (κ3) is 2.94. The van der Waals surface area contributed by atoms with Crippen molar-refractivity contribution in [3.63, 3.8) is 0 Å². The first kappa shape index (κ1) is 13.4. The predicted octanol–water partition coefficient (Wildman–Crippen LogP) is 3.56. The van der Waals surface area contributed by atoms with Crippen LogP contribution in [0.5, 0.6) is 5.75 Å². The lowest BCUT2D eigenvalue weighted by Crippen LogP contribution is -2.01. The molecule has 0 unspecified atom stereocenters. The van der Waals surface area contributed by atoms with E-state index in [0.717, 1.165) is 40.1 Å². The summed E-state index contributed by atoms with van der Waals surface area (Å²) in [6.45, 7) is 2.73. The second kappa shape index (κ2) is 5.79. The van der Waals surface area contributed by atoms with E-state index in [1.165, 1.54) is 0 Å². The average molecular weight is 279 g/mol. The largest absolute Gasteiger partial charge is 0.497 e. The Labute approximate surface area is 123 Å². The molecule has 106 valence electrons. The molecule has 1 aromatic carbocycles. The fourth-order valence-corrected chi connectivity index (χ4v) is 2.31. The second-order valence-corrected chi connectivity index (χ2v) is 4.91. The molecule has 0 amide bonds. The molecule has 0 spiro atoms. The SMILES string of the molecule is COc1ccc2c(NCc3cccnc3)cc(C)nc2c1. The molecule has 2 heterocycles. The minimum Gasteiger partial charge on any atom is -0.497 e. The molecule has 0 aliphatic carbocycles. The molecule has 0 saturated heterocycles. The predicted molar refractivity (Wildman–Crippen MR) is 84.6 cm³/mol. The van der Waals surface area contributed by atoms with Crippen LogP contribution in [-0.4, -0.2) is 17.1 Å². The van der Waals surface area contributed by atoms with Crippen molar-refractivity contribution in [3.8, 4) is 5.75 Å². The third-order valence-corrected chi connectivity index (χ3v) is 3.35. The van der Waals surface area contributed by atoms with Gasteiger partial charge in [0, 0.05) is 41.8 Å².